The van der Waals surface area contributed by atoms with Crippen molar-refractivity contribution in [2.75, 3.05) is 0 Å². The highest BCUT2D eigenvalue weighted by molar-refractivity contribution is 5.89. The Bertz CT molecular complexity index is 573. The van der Waals surface area contributed by atoms with Gasteiger partial charge in [-0.25, -0.2) is 9.78 Å². The quantitative estimate of drug-likeness (QED) is 0.899. The fourth-order valence-corrected chi connectivity index (χ4v) is 2.07. The lowest BCUT2D eigenvalue weighted by atomic mass is 10.00. The molecule has 94 valence electrons. The summed E-state index contributed by atoms with van der Waals surface area (Å²) in [4.78, 5) is 15.4. The zero-order valence-electron chi connectivity index (χ0n) is 10.6. The van der Waals surface area contributed by atoms with Gasteiger partial charge in [0.05, 0.1) is 5.56 Å². The smallest absolute Gasteiger partial charge is 0.335 e. The first-order valence-corrected chi connectivity index (χ1v) is 5.95. The van der Waals surface area contributed by atoms with Gasteiger partial charge in [0.15, 0.2) is 0 Å². The first-order valence-electron chi connectivity index (χ1n) is 5.95. The van der Waals surface area contributed by atoms with Crippen LogP contribution in [0.2, 0.25) is 0 Å². The third-order valence-corrected chi connectivity index (χ3v) is 3.17. The van der Waals surface area contributed by atoms with E-state index in [9.17, 15) is 4.79 Å². The van der Waals surface area contributed by atoms with E-state index in [0.717, 1.165) is 23.5 Å². The van der Waals surface area contributed by atoms with Gasteiger partial charge in [-0.15, -0.1) is 0 Å². The van der Waals surface area contributed by atoms with Crippen molar-refractivity contribution in [2.24, 2.45) is 0 Å². The number of nitrogens with zero attached hydrogens (tertiary/aromatic N) is 2. The Labute approximate surface area is 106 Å². The van der Waals surface area contributed by atoms with E-state index >= 15 is 0 Å². The van der Waals surface area contributed by atoms with Crippen molar-refractivity contribution in [2.45, 2.75) is 26.8 Å². The molecular formula is C14H16N2O2. The SMILES string of the molecule is CCn1ccnc1Cc1cccc(C(=O)O)c1C. The van der Waals surface area contributed by atoms with E-state index in [-0.39, 0.29) is 0 Å². The Morgan fingerprint density at radius 3 is 2.89 bits per heavy atom. The average molecular weight is 244 g/mol. The number of aromatic nitrogens is 2. The Kier molecular flexibility index (Phi) is 3.46. The van der Waals surface area contributed by atoms with E-state index in [1.165, 1.54) is 0 Å². The molecule has 2 aromatic rings. The molecule has 18 heavy (non-hydrogen) atoms. The van der Waals surface area contributed by atoms with Crippen LogP contribution in [-0.4, -0.2) is 20.6 Å². The molecule has 0 unspecified atom stereocenters. The molecule has 0 fully saturated rings. The molecule has 2 rings (SSSR count). The third kappa shape index (κ3) is 2.27. The van der Waals surface area contributed by atoms with Crippen molar-refractivity contribution in [3.63, 3.8) is 0 Å². The predicted molar refractivity (Wildman–Crippen MR) is 68.8 cm³/mol. The highest BCUT2D eigenvalue weighted by atomic mass is 16.4. The van der Waals surface area contributed by atoms with E-state index in [4.69, 9.17) is 5.11 Å². The van der Waals surface area contributed by atoms with E-state index in [2.05, 4.69) is 16.5 Å². The molecule has 0 aliphatic carbocycles. The van der Waals surface area contributed by atoms with E-state index < -0.39 is 5.97 Å². The van der Waals surface area contributed by atoms with Crippen LogP contribution >= 0.6 is 0 Å². The number of rotatable bonds is 4. The number of carboxylic acid groups (broad SMARTS) is 1. The molecule has 0 aliphatic rings. The molecule has 4 heteroatoms. The first-order chi connectivity index (χ1) is 8.63. The zero-order chi connectivity index (χ0) is 13.1. The van der Waals surface area contributed by atoms with Crippen molar-refractivity contribution in [3.8, 4) is 0 Å². The molecule has 0 spiro atoms. The number of imidazole rings is 1. The fourth-order valence-electron chi connectivity index (χ4n) is 2.07. The van der Waals surface area contributed by atoms with Gasteiger partial charge in [-0.2, -0.15) is 0 Å². The van der Waals surface area contributed by atoms with Crippen LogP contribution in [0, 0.1) is 6.92 Å². The van der Waals surface area contributed by atoms with Gasteiger partial charge in [-0.3, -0.25) is 0 Å². The van der Waals surface area contributed by atoms with E-state index in [1.807, 2.05) is 19.2 Å². The van der Waals surface area contributed by atoms with Crippen molar-refractivity contribution >= 4 is 5.97 Å². The summed E-state index contributed by atoms with van der Waals surface area (Å²) in [5.41, 5.74) is 2.19. The Morgan fingerprint density at radius 2 is 2.22 bits per heavy atom. The summed E-state index contributed by atoms with van der Waals surface area (Å²) in [5.74, 6) is 0.0799. The molecule has 1 heterocycles. The van der Waals surface area contributed by atoms with Gasteiger partial charge in [-0.05, 0) is 31.0 Å². The summed E-state index contributed by atoms with van der Waals surface area (Å²) in [5, 5.41) is 9.10. The molecule has 0 amide bonds. The maximum atomic E-state index is 11.1. The Hall–Kier alpha value is -2.10. The van der Waals surface area contributed by atoms with Gasteiger partial charge < -0.3 is 9.67 Å². The molecule has 0 saturated heterocycles. The summed E-state index contributed by atoms with van der Waals surface area (Å²) in [6, 6.07) is 5.37. The minimum Gasteiger partial charge on any atom is -0.478 e. The molecule has 4 nitrogen and oxygen atoms in total. The topological polar surface area (TPSA) is 55.1 Å². The summed E-state index contributed by atoms with van der Waals surface area (Å²) in [6.45, 7) is 4.77. The summed E-state index contributed by atoms with van der Waals surface area (Å²) in [6.07, 6.45) is 4.37. The molecule has 0 radical (unpaired) electrons. The first kappa shape index (κ1) is 12.4. The molecule has 0 aliphatic heterocycles. The van der Waals surface area contributed by atoms with Crippen LogP contribution < -0.4 is 0 Å². The third-order valence-electron chi connectivity index (χ3n) is 3.17. The summed E-state index contributed by atoms with van der Waals surface area (Å²) in [7, 11) is 0. The van der Waals surface area contributed by atoms with Gasteiger partial charge in [0.25, 0.3) is 0 Å². The Morgan fingerprint density at radius 1 is 1.44 bits per heavy atom. The summed E-state index contributed by atoms with van der Waals surface area (Å²) >= 11 is 0. The van der Waals surface area contributed by atoms with Crippen molar-refractivity contribution in [3.05, 3.63) is 53.1 Å². The molecular weight excluding hydrogens is 228 g/mol. The lowest BCUT2D eigenvalue weighted by Crippen LogP contribution is -2.06. The highest BCUT2D eigenvalue weighted by Gasteiger charge is 2.11. The average Bonchev–Trinajstić information content (AvgIpc) is 2.78. The second-order valence-corrected chi connectivity index (χ2v) is 4.20. The van der Waals surface area contributed by atoms with Crippen LogP contribution in [0.4, 0.5) is 0 Å². The standard InChI is InChI=1S/C14H16N2O2/c1-3-16-8-7-15-13(16)9-11-5-4-6-12(10(11)2)14(17)18/h4-8H,3,9H2,1-2H3,(H,17,18). The minimum absolute atomic E-state index is 0.363. The number of carbonyl (C=O) groups is 1. The van der Waals surface area contributed by atoms with Crippen LogP contribution in [0.1, 0.15) is 34.2 Å². The monoisotopic (exact) mass is 244 g/mol. The van der Waals surface area contributed by atoms with Gasteiger partial charge in [0, 0.05) is 25.4 Å². The number of benzene rings is 1. The lowest BCUT2D eigenvalue weighted by Gasteiger charge is -2.09. The van der Waals surface area contributed by atoms with Crippen LogP contribution in [-0.2, 0) is 13.0 Å². The molecule has 1 aromatic carbocycles. The van der Waals surface area contributed by atoms with Crippen LogP contribution in [0.5, 0.6) is 0 Å². The molecule has 1 aromatic heterocycles. The molecule has 0 saturated carbocycles. The Balaban J connectivity index is 2.35. The number of hydrogen-bond acceptors (Lipinski definition) is 2. The molecule has 0 atom stereocenters. The van der Waals surface area contributed by atoms with Gasteiger partial charge in [-0.1, -0.05) is 12.1 Å². The number of aryl methyl sites for hydroxylation is 1. The second-order valence-electron chi connectivity index (χ2n) is 4.20. The van der Waals surface area contributed by atoms with Gasteiger partial charge in [0.1, 0.15) is 5.82 Å². The predicted octanol–water partition coefficient (Wildman–Crippen LogP) is 2.50. The largest absolute Gasteiger partial charge is 0.478 e. The van der Waals surface area contributed by atoms with Gasteiger partial charge in [0.2, 0.25) is 0 Å². The van der Waals surface area contributed by atoms with E-state index in [0.29, 0.717) is 12.0 Å². The maximum absolute atomic E-state index is 11.1. The second kappa shape index (κ2) is 5.04. The zero-order valence-corrected chi connectivity index (χ0v) is 10.6. The van der Waals surface area contributed by atoms with Crippen molar-refractivity contribution < 1.29 is 9.90 Å². The number of aromatic carboxylic acids is 1. The maximum Gasteiger partial charge on any atom is 0.335 e. The van der Waals surface area contributed by atoms with Crippen LogP contribution in [0.15, 0.2) is 30.6 Å². The fraction of sp³-hybridized carbons (Fsp3) is 0.286. The number of carboxylic acids is 1. The minimum atomic E-state index is -0.881. The van der Waals surface area contributed by atoms with E-state index in [1.54, 1.807) is 18.3 Å². The number of hydrogen-bond donors (Lipinski definition) is 1. The van der Waals surface area contributed by atoms with Gasteiger partial charge >= 0.3 is 5.97 Å². The lowest BCUT2D eigenvalue weighted by molar-refractivity contribution is 0.0696. The van der Waals surface area contributed by atoms with Crippen molar-refractivity contribution in [1.29, 1.82) is 0 Å². The summed E-state index contributed by atoms with van der Waals surface area (Å²) < 4.78 is 2.06. The van der Waals surface area contributed by atoms with Crippen molar-refractivity contribution in [1.82, 2.24) is 9.55 Å². The molecule has 1 N–H and O–H groups in total. The van der Waals surface area contributed by atoms with Crippen LogP contribution in [0.3, 0.4) is 0 Å². The normalized spacial score (nSPS) is 10.6. The highest BCUT2D eigenvalue weighted by Crippen LogP contribution is 2.17. The molecule has 0 bridgehead atoms. The van der Waals surface area contributed by atoms with Crippen LogP contribution in [0.25, 0.3) is 0 Å².